The molecule has 1 aliphatic rings. The normalized spacial score (nSPS) is 13.3. The molecule has 0 radical (unpaired) electrons. The molecule has 0 spiro atoms. The van der Waals surface area contributed by atoms with E-state index in [-0.39, 0.29) is 11.8 Å². The SMILES string of the molecule is O=C1CCc2cc(C(=O)Nc3ccc(Br)cn3)ccc2N1. The van der Waals surface area contributed by atoms with Crippen LogP contribution in [0.4, 0.5) is 11.5 Å². The molecule has 21 heavy (non-hydrogen) atoms. The van der Waals surface area contributed by atoms with Crippen LogP contribution in [0.25, 0.3) is 0 Å². The summed E-state index contributed by atoms with van der Waals surface area (Å²) in [6.45, 7) is 0. The summed E-state index contributed by atoms with van der Waals surface area (Å²) in [7, 11) is 0. The van der Waals surface area contributed by atoms with E-state index in [0.717, 1.165) is 15.7 Å². The van der Waals surface area contributed by atoms with Crippen LogP contribution in [0.1, 0.15) is 22.3 Å². The molecule has 0 fully saturated rings. The first-order chi connectivity index (χ1) is 10.1. The van der Waals surface area contributed by atoms with Gasteiger partial charge in [0.15, 0.2) is 0 Å². The molecule has 2 amide bonds. The molecule has 6 heteroatoms. The smallest absolute Gasteiger partial charge is 0.256 e. The number of anilines is 2. The second kappa shape index (κ2) is 5.65. The molecule has 1 aliphatic heterocycles. The van der Waals surface area contributed by atoms with Gasteiger partial charge in [-0.15, -0.1) is 0 Å². The van der Waals surface area contributed by atoms with E-state index in [2.05, 4.69) is 31.5 Å². The first-order valence-corrected chi connectivity index (χ1v) is 7.27. The van der Waals surface area contributed by atoms with E-state index in [1.807, 2.05) is 12.1 Å². The predicted octanol–water partition coefficient (Wildman–Crippen LogP) is 2.98. The fraction of sp³-hybridized carbons (Fsp3) is 0.133. The van der Waals surface area contributed by atoms with Gasteiger partial charge in [0.05, 0.1) is 0 Å². The number of hydrogen-bond acceptors (Lipinski definition) is 3. The second-order valence-electron chi connectivity index (χ2n) is 4.74. The van der Waals surface area contributed by atoms with E-state index >= 15 is 0 Å². The van der Waals surface area contributed by atoms with Gasteiger partial charge in [0.2, 0.25) is 5.91 Å². The molecule has 5 nitrogen and oxygen atoms in total. The zero-order chi connectivity index (χ0) is 14.8. The maximum absolute atomic E-state index is 12.2. The van der Waals surface area contributed by atoms with Crippen molar-refractivity contribution in [3.63, 3.8) is 0 Å². The van der Waals surface area contributed by atoms with Crippen LogP contribution < -0.4 is 10.6 Å². The van der Waals surface area contributed by atoms with Crippen molar-refractivity contribution in [3.05, 3.63) is 52.1 Å². The average Bonchev–Trinajstić information content (AvgIpc) is 2.49. The highest BCUT2D eigenvalue weighted by atomic mass is 79.9. The van der Waals surface area contributed by atoms with Crippen LogP contribution >= 0.6 is 15.9 Å². The fourth-order valence-corrected chi connectivity index (χ4v) is 2.40. The Labute approximate surface area is 129 Å². The summed E-state index contributed by atoms with van der Waals surface area (Å²) >= 11 is 3.29. The summed E-state index contributed by atoms with van der Waals surface area (Å²) in [6, 6.07) is 8.80. The summed E-state index contributed by atoms with van der Waals surface area (Å²) in [4.78, 5) is 27.6. The summed E-state index contributed by atoms with van der Waals surface area (Å²) in [5.41, 5.74) is 2.31. The highest BCUT2D eigenvalue weighted by Gasteiger charge is 2.16. The molecule has 2 heterocycles. The van der Waals surface area contributed by atoms with Crippen LogP contribution in [0, 0.1) is 0 Å². The lowest BCUT2D eigenvalue weighted by molar-refractivity contribution is -0.116. The van der Waals surface area contributed by atoms with Gasteiger partial charge in [-0.05, 0) is 58.2 Å². The third kappa shape index (κ3) is 3.11. The van der Waals surface area contributed by atoms with Crippen molar-refractivity contribution in [1.29, 1.82) is 0 Å². The van der Waals surface area contributed by atoms with Crippen molar-refractivity contribution in [3.8, 4) is 0 Å². The molecule has 0 atom stereocenters. The molecule has 1 aromatic heterocycles. The molecular formula is C15H12BrN3O2. The van der Waals surface area contributed by atoms with Gasteiger partial charge in [-0.2, -0.15) is 0 Å². The van der Waals surface area contributed by atoms with Crippen LogP contribution in [0.15, 0.2) is 41.0 Å². The minimum Gasteiger partial charge on any atom is -0.326 e. The van der Waals surface area contributed by atoms with E-state index in [4.69, 9.17) is 0 Å². The van der Waals surface area contributed by atoms with Crippen molar-refractivity contribution >= 4 is 39.2 Å². The molecule has 0 saturated heterocycles. The molecule has 3 rings (SSSR count). The first kappa shape index (κ1) is 13.8. The number of halogens is 1. The molecular weight excluding hydrogens is 334 g/mol. The Hall–Kier alpha value is -2.21. The molecule has 2 aromatic rings. The summed E-state index contributed by atoms with van der Waals surface area (Å²) in [5, 5.41) is 5.54. The monoisotopic (exact) mass is 345 g/mol. The summed E-state index contributed by atoms with van der Waals surface area (Å²) in [6.07, 6.45) is 2.73. The molecule has 0 bridgehead atoms. The zero-order valence-electron chi connectivity index (χ0n) is 11.0. The van der Waals surface area contributed by atoms with E-state index < -0.39 is 0 Å². The topological polar surface area (TPSA) is 71.1 Å². The van der Waals surface area contributed by atoms with Gasteiger partial charge in [-0.1, -0.05) is 0 Å². The maximum atomic E-state index is 12.2. The Morgan fingerprint density at radius 1 is 1.24 bits per heavy atom. The number of pyridine rings is 1. The fourth-order valence-electron chi connectivity index (χ4n) is 2.16. The largest absolute Gasteiger partial charge is 0.326 e. The number of amides is 2. The minimum absolute atomic E-state index is 0.0127. The van der Waals surface area contributed by atoms with E-state index in [9.17, 15) is 9.59 Å². The number of nitrogens with one attached hydrogen (secondary N) is 2. The van der Waals surface area contributed by atoms with Crippen molar-refractivity contribution in [2.24, 2.45) is 0 Å². The second-order valence-corrected chi connectivity index (χ2v) is 5.65. The number of hydrogen-bond donors (Lipinski definition) is 2. The standard InChI is InChI=1S/C15H12BrN3O2/c16-11-3-5-13(17-8-11)19-15(21)10-1-4-12-9(7-10)2-6-14(20)18-12/h1,3-5,7-8H,2,6H2,(H,18,20)(H,17,19,21). The summed E-state index contributed by atoms with van der Waals surface area (Å²) < 4.78 is 0.852. The highest BCUT2D eigenvalue weighted by molar-refractivity contribution is 9.10. The Balaban J connectivity index is 1.79. The quantitative estimate of drug-likeness (QED) is 0.878. The molecule has 2 N–H and O–H groups in total. The van der Waals surface area contributed by atoms with Gasteiger partial charge >= 0.3 is 0 Å². The predicted molar refractivity (Wildman–Crippen MR) is 83.3 cm³/mol. The van der Waals surface area contributed by atoms with Gasteiger partial charge in [0, 0.05) is 28.3 Å². The van der Waals surface area contributed by atoms with E-state index in [0.29, 0.717) is 24.2 Å². The van der Waals surface area contributed by atoms with Crippen LogP contribution in [0.2, 0.25) is 0 Å². The number of aromatic nitrogens is 1. The zero-order valence-corrected chi connectivity index (χ0v) is 12.6. The number of benzene rings is 1. The minimum atomic E-state index is -0.218. The summed E-state index contributed by atoms with van der Waals surface area (Å²) in [5.74, 6) is 0.289. The Morgan fingerprint density at radius 3 is 2.86 bits per heavy atom. The molecule has 0 aliphatic carbocycles. The van der Waals surface area contributed by atoms with Gasteiger partial charge < -0.3 is 10.6 Å². The van der Waals surface area contributed by atoms with Gasteiger partial charge in [-0.25, -0.2) is 4.98 Å². The third-order valence-electron chi connectivity index (χ3n) is 3.23. The van der Waals surface area contributed by atoms with Crippen molar-refractivity contribution in [2.75, 3.05) is 10.6 Å². The molecule has 0 unspecified atom stereocenters. The third-order valence-corrected chi connectivity index (χ3v) is 3.70. The molecule has 1 aromatic carbocycles. The van der Waals surface area contributed by atoms with Crippen LogP contribution in [0.3, 0.4) is 0 Å². The van der Waals surface area contributed by atoms with Crippen LogP contribution in [-0.2, 0) is 11.2 Å². The van der Waals surface area contributed by atoms with Gasteiger partial charge in [0.25, 0.3) is 5.91 Å². The number of rotatable bonds is 2. The number of fused-ring (bicyclic) bond motifs is 1. The van der Waals surface area contributed by atoms with Crippen LogP contribution in [-0.4, -0.2) is 16.8 Å². The average molecular weight is 346 g/mol. The highest BCUT2D eigenvalue weighted by Crippen LogP contribution is 2.24. The Kier molecular flexibility index (Phi) is 3.70. The molecule has 106 valence electrons. The van der Waals surface area contributed by atoms with Crippen molar-refractivity contribution in [2.45, 2.75) is 12.8 Å². The Bertz CT molecular complexity index is 713. The van der Waals surface area contributed by atoms with Crippen LogP contribution in [0.5, 0.6) is 0 Å². The molecule has 0 saturated carbocycles. The number of carbonyl (C=O) groups excluding carboxylic acids is 2. The number of nitrogens with zero attached hydrogens (tertiary/aromatic N) is 1. The number of carbonyl (C=O) groups is 2. The van der Waals surface area contributed by atoms with Gasteiger partial charge in [0.1, 0.15) is 5.82 Å². The lowest BCUT2D eigenvalue weighted by atomic mass is 10.00. The Morgan fingerprint density at radius 2 is 2.10 bits per heavy atom. The maximum Gasteiger partial charge on any atom is 0.256 e. The van der Waals surface area contributed by atoms with Crippen molar-refractivity contribution < 1.29 is 9.59 Å². The lowest BCUT2D eigenvalue weighted by Gasteiger charge is -2.17. The first-order valence-electron chi connectivity index (χ1n) is 6.47. The lowest BCUT2D eigenvalue weighted by Crippen LogP contribution is -2.20. The van der Waals surface area contributed by atoms with Crippen molar-refractivity contribution in [1.82, 2.24) is 4.98 Å². The van der Waals surface area contributed by atoms with E-state index in [1.165, 1.54) is 0 Å². The van der Waals surface area contributed by atoms with Gasteiger partial charge in [-0.3, -0.25) is 9.59 Å². The van der Waals surface area contributed by atoms with E-state index in [1.54, 1.807) is 24.4 Å². The number of aryl methyl sites for hydroxylation is 1.